The maximum absolute atomic E-state index is 13.4. The molecule has 0 aliphatic heterocycles. The van der Waals surface area contributed by atoms with E-state index in [1.54, 1.807) is 28.9 Å². The Morgan fingerprint density at radius 3 is 2.28 bits per heavy atom. The number of hydrogen-bond donors (Lipinski definition) is 2. The molecule has 1 heterocycles. The Labute approximate surface area is 226 Å². The number of hydrogen-bond acceptors (Lipinski definition) is 5. The molecule has 0 spiro atoms. The van der Waals surface area contributed by atoms with Crippen LogP contribution in [0.5, 0.6) is 0 Å². The summed E-state index contributed by atoms with van der Waals surface area (Å²) >= 11 is 0. The second kappa shape index (κ2) is 11.9. The first-order valence-corrected chi connectivity index (χ1v) is 12.6. The second-order valence-corrected chi connectivity index (χ2v) is 10.3. The Kier molecular flexibility index (Phi) is 8.39. The van der Waals surface area contributed by atoms with E-state index in [0.717, 1.165) is 16.6 Å². The van der Waals surface area contributed by atoms with Gasteiger partial charge in [-0.3, -0.25) is 19.1 Å². The molecule has 39 heavy (non-hydrogen) atoms. The SMILES string of the molecule is CC(C)(C)[C@H](NC(=O)c1nn(Cc2ccc(F)cc2)c2ccccc12)C(=O)NCC(=O)OCc1ccccc1. The lowest BCUT2D eigenvalue weighted by Gasteiger charge is -2.30. The quantitative estimate of drug-likeness (QED) is 0.316. The summed E-state index contributed by atoms with van der Waals surface area (Å²) in [6, 6.07) is 21.6. The molecule has 0 fully saturated rings. The molecule has 0 saturated heterocycles. The highest BCUT2D eigenvalue weighted by atomic mass is 19.1. The van der Waals surface area contributed by atoms with Gasteiger partial charge in [0.05, 0.1) is 12.1 Å². The summed E-state index contributed by atoms with van der Waals surface area (Å²) in [5.41, 5.74) is 1.88. The number of halogens is 1. The number of esters is 1. The molecule has 1 aromatic heterocycles. The number of para-hydroxylation sites is 1. The van der Waals surface area contributed by atoms with E-state index in [-0.39, 0.29) is 24.7 Å². The lowest BCUT2D eigenvalue weighted by molar-refractivity contribution is -0.145. The lowest BCUT2D eigenvalue weighted by atomic mass is 9.86. The third-order valence-corrected chi connectivity index (χ3v) is 6.17. The molecule has 0 aliphatic carbocycles. The molecule has 1 atom stereocenters. The topological polar surface area (TPSA) is 102 Å². The van der Waals surface area contributed by atoms with Crippen LogP contribution < -0.4 is 10.6 Å². The van der Waals surface area contributed by atoms with Crippen LogP contribution in [0.2, 0.25) is 0 Å². The van der Waals surface area contributed by atoms with Gasteiger partial charge in [0.25, 0.3) is 5.91 Å². The molecule has 8 nitrogen and oxygen atoms in total. The van der Waals surface area contributed by atoms with Crippen molar-refractivity contribution in [1.82, 2.24) is 20.4 Å². The number of fused-ring (bicyclic) bond motifs is 1. The zero-order valence-corrected chi connectivity index (χ0v) is 22.1. The van der Waals surface area contributed by atoms with Crippen LogP contribution in [-0.4, -0.2) is 40.2 Å². The van der Waals surface area contributed by atoms with Crippen LogP contribution in [0.25, 0.3) is 10.9 Å². The summed E-state index contributed by atoms with van der Waals surface area (Å²) in [4.78, 5) is 38.7. The van der Waals surface area contributed by atoms with E-state index in [1.807, 2.05) is 63.2 Å². The molecule has 4 rings (SSSR count). The van der Waals surface area contributed by atoms with Crippen molar-refractivity contribution in [3.63, 3.8) is 0 Å². The number of nitrogens with one attached hydrogen (secondary N) is 2. The van der Waals surface area contributed by atoms with E-state index in [2.05, 4.69) is 15.7 Å². The molecule has 2 amide bonds. The van der Waals surface area contributed by atoms with Crippen molar-refractivity contribution in [2.45, 2.75) is 40.0 Å². The van der Waals surface area contributed by atoms with Gasteiger partial charge in [0.2, 0.25) is 5.91 Å². The molecule has 3 aromatic carbocycles. The first-order valence-electron chi connectivity index (χ1n) is 12.6. The van der Waals surface area contributed by atoms with E-state index in [4.69, 9.17) is 4.74 Å². The molecule has 9 heteroatoms. The van der Waals surface area contributed by atoms with Gasteiger partial charge >= 0.3 is 5.97 Å². The van der Waals surface area contributed by atoms with Gasteiger partial charge in [-0.2, -0.15) is 5.10 Å². The summed E-state index contributed by atoms with van der Waals surface area (Å²) < 4.78 is 20.2. The Morgan fingerprint density at radius 2 is 1.59 bits per heavy atom. The molecule has 0 bridgehead atoms. The van der Waals surface area contributed by atoms with Crippen LogP contribution in [0.1, 0.15) is 42.4 Å². The lowest BCUT2D eigenvalue weighted by Crippen LogP contribution is -2.54. The molecular formula is C30H31FN4O4. The number of aromatic nitrogens is 2. The fourth-order valence-corrected chi connectivity index (χ4v) is 4.10. The van der Waals surface area contributed by atoms with Gasteiger partial charge in [-0.25, -0.2) is 4.39 Å². The minimum absolute atomic E-state index is 0.0998. The summed E-state index contributed by atoms with van der Waals surface area (Å²) in [6.07, 6.45) is 0. The van der Waals surface area contributed by atoms with Crippen molar-refractivity contribution in [2.24, 2.45) is 5.41 Å². The smallest absolute Gasteiger partial charge is 0.325 e. The fourth-order valence-electron chi connectivity index (χ4n) is 4.10. The Bertz CT molecular complexity index is 1460. The number of carbonyl (C=O) groups excluding carboxylic acids is 3. The van der Waals surface area contributed by atoms with Gasteiger partial charge in [-0.15, -0.1) is 0 Å². The maximum Gasteiger partial charge on any atom is 0.325 e. The van der Waals surface area contributed by atoms with E-state index in [9.17, 15) is 18.8 Å². The minimum Gasteiger partial charge on any atom is -0.460 e. The van der Waals surface area contributed by atoms with Gasteiger partial charge in [-0.05, 0) is 34.7 Å². The zero-order valence-electron chi connectivity index (χ0n) is 22.1. The van der Waals surface area contributed by atoms with E-state index < -0.39 is 29.2 Å². The van der Waals surface area contributed by atoms with E-state index >= 15 is 0 Å². The molecule has 4 aromatic rings. The highest BCUT2D eigenvalue weighted by Gasteiger charge is 2.34. The largest absolute Gasteiger partial charge is 0.460 e. The molecule has 0 saturated carbocycles. The maximum atomic E-state index is 13.4. The van der Waals surface area contributed by atoms with Crippen molar-refractivity contribution in [3.05, 3.63) is 102 Å². The predicted molar refractivity (Wildman–Crippen MR) is 145 cm³/mol. The highest BCUT2D eigenvalue weighted by molar-refractivity contribution is 6.06. The van der Waals surface area contributed by atoms with Crippen LogP contribution >= 0.6 is 0 Å². The van der Waals surface area contributed by atoms with Gasteiger partial charge < -0.3 is 15.4 Å². The first-order chi connectivity index (χ1) is 18.6. The van der Waals surface area contributed by atoms with Crippen molar-refractivity contribution < 1.29 is 23.5 Å². The van der Waals surface area contributed by atoms with Crippen LogP contribution in [0.15, 0.2) is 78.9 Å². The molecule has 2 N–H and O–H groups in total. The number of ether oxygens (including phenoxy) is 1. The number of nitrogens with zero attached hydrogens (tertiary/aromatic N) is 2. The normalized spacial score (nSPS) is 12.1. The predicted octanol–water partition coefficient (Wildman–Crippen LogP) is 4.23. The molecular weight excluding hydrogens is 499 g/mol. The van der Waals surface area contributed by atoms with Crippen molar-refractivity contribution in [1.29, 1.82) is 0 Å². The van der Waals surface area contributed by atoms with Crippen molar-refractivity contribution >= 4 is 28.7 Å². The second-order valence-electron chi connectivity index (χ2n) is 10.3. The Hall–Kier alpha value is -4.53. The molecule has 0 radical (unpaired) electrons. The standard InChI is InChI=1S/C30H31FN4O4/c1-30(2,3)27(29(38)32-17-25(36)39-19-21-9-5-4-6-10-21)33-28(37)26-23-11-7-8-12-24(23)35(34-26)18-20-13-15-22(31)16-14-20/h4-16,27H,17-19H2,1-3H3,(H,32,38)(H,33,37)/t27-/m1/s1. The van der Waals surface area contributed by atoms with Gasteiger partial charge in [-0.1, -0.05) is 81.4 Å². The third kappa shape index (κ3) is 7.07. The number of carbonyl (C=O) groups is 3. The van der Waals surface area contributed by atoms with Gasteiger partial charge in [0.15, 0.2) is 5.69 Å². The number of benzene rings is 3. The van der Waals surface area contributed by atoms with Gasteiger partial charge in [0, 0.05) is 5.39 Å². The Morgan fingerprint density at radius 1 is 0.923 bits per heavy atom. The number of amides is 2. The van der Waals surface area contributed by atoms with Crippen LogP contribution in [-0.2, 0) is 27.5 Å². The van der Waals surface area contributed by atoms with E-state index in [0.29, 0.717) is 11.9 Å². The summed E-state index contributed by atoms with van der Waals surface area (Å²) in [6.45, 7) is 5.55. The summed E-state index contributed by atoms with van der Waals surface area (Å²) in [7, 11) is 0. The van der Waals surface area contributed by atoms with Crippen molar-refractivity contribution in [3.8, 4) is 0 Å². The first kappa shape index (κ1) is 27.5. The summed E-state index contributed by atoms with van der Waals surface area (Å²) in [5.74, 6) is -1.95. The molecule has 202 valence electrons. The van der Waals surface area contributed by atoms with Crippen LogP contribution in [0.3, 0.4) is 0 Å². The molecule has 0 unspecified atom stereocenters. The minimum atomic E-state index is -0.951. The molecule has 0 aliphatic rings. The van der Waals surface area contributed by atoms with E-state index in [1.165, 1.54) is 12.1 Å². The number of rotatable bonds is 9. The zero-order chi connectivity index (χ0) is 28.0. The summed E-state index contributed by atoms with van der Waals surface area (Å²) in [5, 5.41) is 10.5. The third-order valence-electron chi connectivity index (χ3n) is 6.17. The van der Waals surface area contributed by atoms with Crippen LogP contribution in [0, 0.1) is 11.2 Å². The fraction of sp³-hybridized carbons (Fsp3) is 0.267. The van der Waals surface area contributed by atoms with Crippen LogP contribution in [0.4, 0.5) is 4.39 Å². The van der Waals surface area contributed by atoms with Gasteiger partial charge in [0.1, 0.15) is 25.0 Å². The highest BCUT2D eigenvalue weighted by Crippen LogP contribution is 2.23. The monoisotopic (exact) mass is 530 g/mol. The average molecular weight is 531 g/mol. The van der Waals surface area contributed by atoms with Crippen molar-refractivity contribution in [2.75, 3.05) is 6.54 Å². The average Bonchev–Trinajstić information content (AvgIpc) is 3.28. The Balaban J connectivity index is 1.45.